The predicted octanol–water partition coefficient (Wildman–Crippen LogP) is 1.67. The number of carbonyl (C=O) groups excluding carboxylic acids is 1. The Morgan fingerprint density at radius 1 is 1.16 bits per heavy atom. The van der Waals surface area contributed by atoms with E-state index < -0.39 is 5.97 Å². The highest BCUT2D eigenvalue weighted by atomic mass is 16.5. The lowest BCUT2D eigenvalue weighted by molar-refractivity contribution is -0.137. The van der Waals surface area contributed by atoms with E-state index in [0.717, 1.165) is 5.75 Å². The highest BCUT2D eigenvalue weighted by Crippen LogP contribution is 2.12. The summed E-state index contributed by atoms with van der Waals surface area (Å²) in [6.45, 7) is 1.00. The van der Waals surface area contributed by atoms with E-state index in [4.69, 9.17) is 9.84 Å². The molecule has 5 heteroatoms. The first-order valence-electron chi connectivity index (χ1n) is 6.10. The first-order valence-corrected chi connectivity index (χ1v) is 6.10. The number of ketones is 1. The molecule has 0 aliphatic rings. The van der Waals surface area contributed by atoms with E-state index in [1.165, 1.54) is 0 Å². The van der Waals surface area contributed by atoms with Gasteiger partial charge in [-0.3, -0.25) is 9.59 Å². The van der Waals surface area contributed by atoms with Crippen LogP contribution in [0, 0.1) is 0 Å². The molecule has 5 nitrogen and oxygen atoms in total. The third kappa shape index (κ3) is 5.52. The van der Waals surface area contributed by atoms with Gasteiger partial charge < -0.3 is 14.7 Å². The van der Waals surface area contributed by atoms with E-state index in [1.54, 1.807) is 31.4 Å². The van der Waals surface area contributed by atoms with Gasteiger partial charge in [0.05, 0.1) is 13.5 Å². The van der Waals surface area contributed by atoms with Crippen LogP contribution in [0.4, 0.5) is 0 Å². The monoisotopic (exact) mass is 265 g/mol. The number of rotatable bonds is 8. The highest BCUT2D eigenvalue weighted by molar-refractivity contribution is 5.96. The van der Waals surface area contributed by atoms with E-state index in [0.29, 0.717) is 25.1 Å². The fraction of sp³-hybridized carbons (Fsp3) is 0.429. The zero-order valence-electron chi connectivity index (χ0n) is 11.3. The molecular weight excluding hydrogens is 246 g/mol. The van der Waals surface area contributed by atoms with Crippen LogP contribution in [0.5, 0.6) is 5.75 Å². The first kappa shape index (κ1) is 15.2. The zero-order chi connectivity index (χ0) is 14.3. The van der Waals surface area contributed by atoms with E-state index >= 15 is 0 Å². The summed E-state index contributed by atoms with van der Waals surface area (Å²) < 4.78 is 5.03. The maximum atomic E-state index is 11.9. The third-order valence-corrected chi connectivity index (χ3v) is 2.84. The molecule has 0 radical (unpaired) electrons. The number of ether oxygens (including phenoxy) is 1. The number of aliphatic carboxylic acids is 1. The van der Waals surface area contributed by atoms with E-state index in [-0.39, 0.29) is 12.2 Å². The molecule has 0 heterocycles. The number of carboxylic acid groups (broad SMARTS) is 1. The average molecular weight is 265 g/mol. The van der Waals surface area contributed by atoms with Gasteiger partial charge in [0, 0.05) is 25.1 Å². The van der Waals surface area contributed by atoms with Gasteiger partial charge in [0.15, 0.2) is 5.78 Å². The summed E-state index contributed by atoms with van der Waals surface area (Å²) in [6.07, 6.45) is 0.468. The zero-order valence-corrected chi connectivity index (χ0v) is 11.3. The van der Waals surface area contributed by atoms with E-state index in [2.05, 4.69) is 0 Å². The lowest BCUT2D eigenvalue weighted by Gasteiger charge is -2.14. The van der Waals surface area contributed by atoms with Crippen LogP contribution in [0.1, 0.15) is 23.2 Å². The van der Waals surface area contributed by atoms with Crippen molar-refractivity contribution < 1.29 is 19.4 Å². The highest BCUT2D eigenvalue weighted by Gasteiger charge is 2.08. The van der Waals surface area contributed by atoms with Crippen molar-refractivity contribution in [1.29, 1.82) is 0 Å². The number of carboxylic acids is 1. The Balaban J connectivity index is 2.39. The van der Waals surface area contributed by atoms with Gasteiger partial charge in [-0.25, -0.2) is 0 Å². The largest absolute Gasteiger partial charge is 0.497 e. The maximum Gasteiger partial charge on any atom is 0.304 e. The van der Waals surface area contributed by atoms with Crippen LogP contribution in [0.25, 0.3) is 0 Å². The fourth-order valence-electron chi connectivity index (χ4n) is 1.61. The van der Waals surface area contributed by atoms with Crippen molar-refractivity contribution in [1.82, 2.24) is 4.90 Å². The maximum absolute atomic E-state index is 11.9. The Labute approximate surface area is 112 Å². The molecule has 104 valence electrons. The van der Waals surface area contributed by atoms with E-state index in [9.17, 15) is 9.59 Å². The van der Waals surface area contributed by atoms with Gasteiger partial charge in [0.25, 0.3) is 0 Å². The lowest BCUT2D eigenvalue weighted by Crippen LogP contribution is -2.24. The summed E-state index contributed by atoms with van der Waals surface area (Å²) in [7, 11) is 3.39. The molecule has 19 heavy (non-hydrogen) atoms. The molecule has 1 N–H and O–H groups in total. The van der Waals surface area contributed by atoms with Gasteiger partial charge in [-0.2, -0.15) is 0 Å². The third-order valence-electron chi connectivity index (χ3n) is 2.84. The fourth-order valence-corrected chi connectivity index (χ4v) is 1.61. The predicted molar refractivity (Wildman–Crippen MR) is 71.7 cm³/mol. The minimum absolute atomic E-state index is 0.0461. The van der Waals surface area contributed by atoms with Crippen LogP contribution in [0.2, 0.25) is 0 Å². The van der Waals surface area contributed by atoms with Crippen LogP contribution >= 0.6 is 0 Å². The lowest BCUT2D eigenvalue weighted by atomic mass is 10.1. The summed E-state index contributed by atoms with van der Waals surface area (Å²) >= 11 is 0. The SMILES string of the molecule is COc1ccc(C(=O)CCN(C)CCC(=O)O)cc1. The molecule has 1 aromatic carbocycles. The standard InChI is InChI=1S/C14H19NO4/c1-15(10-8-14(17)18)9-7-13(16)11-3-5-12(19-2)6-4-11/h3-6H,7-10H2,1-2H3,(H,17,18). The molecule has 0 aliphatic carbocycles. The van der Waals surface area contributed by atoms with Crippen LogP contribution in [0.3, 0.4) is 0 Å². The van der Waals surface area contributed by atoms with Crippen molar-refractivity contribution in [2.75, 3.05) is 27.2 Å². The molecule has 0 fully saturated rings. The molecule has 0 bridgehead atoms. The summed E-state index contributed by atoms with van der Waals surface area (Å²) in [5.41, 5.74) is 0.646. The van der Waals surface area contributed by atoms with Crippen molar-refractivity contribution in [2.45, 2.75) is 12.8 Å². The number of methoxy groups -OCH3 is 1. The Kier molecular flexibility index (Phi) is 6.02. The van der Waals surface area contributed by atoms with Crippen molar-refractivity contribution in [2.24, 2.45) is 0 Å². The summed E-state index contributed by atoms with van der Waals surface area (Å²) in [5, 5.41) is 8.56. The molecular formula is C14H19NO4. The van der Waals surface area contributed by atoms with Gasteiger partial charge in [-0.05, 0) is 31.3 Å². The topological polar surface area (TPSA) is 66.8 Å². The molecule has 0 unspecified atom stereocenters. The first-order chi connectivity index (χ1) is 9.02. The van der Waals surface area contributed by atoms with Crippen LogP contribution in [-0.4, -0.2) is 49.0 Å². The van der Waals surface area contributed by atoms with Crippen molar-refractivity contribution in [3.8, 4) is 5.75 Å². The molecule has 0 saturated heterocycles. The van der Waals surface area contributed by atoms with Crippen molar-refractivity contribution in [3.63, 3.8) is 0 Å². The Morgan fingerprint density at radius 3 is 2.26 bits per heavy atom. The number of Topliss-reactive ketones (excluding diaryl/α,β-unsaturated/α-hetero) is 1. The Morgan fingerprint density at radius 2 is 1.74 bits per heavy atom. The van der Waals surface area contributed by atoms with Gasteiger partial charge in [0.2, 0.25) is 0 Å². The minimum Gasteiger partial charge on any atom is -0.497 e. The molecule has 1 aromatic rings. The normalized spacial score (nSPS) is 10.5. The molecule has 0 aliphatic heterocycles. The second-order valence-corrected chi connectivity index (χ2v) is 4.35. The minimum atomic E-state index is -0.826. The molecule has 0 saturated carbocycles. The molecule has 0 aromatic heterocycles. The van der Waals surface area contributed by atoms with E-state index in [1.807, 2.05) is 11.9 Å². The van der Waals surface area contributed by atoms with Crippen LogP contribution in [-0.2, 0) is 4.79 Å². The quantitative estimate of drug-likeness (QED) is 0.724. The second kappa shape index (κ2) is 7.53. The van der Waals surface area contributed by atoms with Gasteiger partial charge in [0.1, 0.15) is 5.75 Å². The number of hydrogen-bond donors (Lipinski definition) is 1. The summed E-state index contributed by atoms with van der Waals surface area (Å²) in [5.74, 6) is -0.0618. The average Bonchev–Trinajstić information content (AvgIpc) is 2.42. The number of benzene rings is 1. The van der Waals surface area contributed by atoms with Gasteiger partial charge in [-0.15, -0.1) is 0 Å². The van der Waals surface area contributed by atoms with Gasteiger partial charge >= 0.3 is 5.97 Å². The van der Waals surface area contributed by atoms with Crippen LogP contribution < -0.4 is 4.74 Å². The van der Waals surface area contributed by atoms with Crippen LogP contribution in [0.15, 0.2) is 24.3 Å². The molecule has 0 atom stereocenters. The molecule has 0 amide bonds. The van der Waals surface area contributed by atoms with Gasteiger partial charge in [-0.1, -0.05) is 0 Å². The Hall–Kier alpha value is -1.88. The summed E-state index contributed by atoms with van der Waals surface area (Å²) in [6, 6.07) is 6.97. The van der Waals surface area contributed by atoms with Crippen molar-refractivity contribution >= 4 is 11.8 Å². The van der Waals surface area contributed by atoms with Crippen molar-refractivity contribution in [3.05, 3.63) is 29.8 Å². The number of nitrogens with zero attached hydrogens (tertiary/aromatic N) is 1. The molecule has 1 rings (SSSR count). The smallest absolute Gasteiger partial charge is 0.304 e. The number of carbonyl (C=O) groups is 2. The second-order valence-electron chi connectivity index (χ2n) is 4.35. The Bertz CT molecular complexity index is 428. The summed E-state index contributed by atoms with van der Waals surface area (Å²) in [4.78, 5) is 24.2. The number of hydrogen-bond acceptors (Lipinski definition) is 4. The molecule has 0 spiro atoms.